The van der Waals surface area contributed by atoms with Crippen LogP contribution >= 0.6 is 0 Å². The Labute approximate surface area is 213 Å². The van der Waals surface area contributed by atoms with Crippen LogP contribution in [0.2, 0.25) is 0 Å². The summed E-state index contributed by atoms with van der Waals surface area (Å²) in [5.74, 6) is -6.50. The number of phenols is 1. The molecule has 1 aromatic rings. The van der Waals surface area contributed by atoms with Crippen molar-refractivity contribution in [3.63, 3.8) is 0 Å². The maximum atomic E-state index is 13.9. The van der Waals surface area contributed by atoms with Crippen molar-refractivity contribution >= 4 is 28.9 Å². The number of carbonyl (C=O) groups excluding carboxylic acids is 3. The monoisotopic (exact) mass is 512 g/mol. The van der Waals surface area contributed by atoms with Gasteiger partial charge in [-0.1, -0.05) is 0 Å². The highest BCUT2D eigenvalue weighted by atomic mass is 16.3. The third kappa shape index (κ3) is 3.27. The second kappa shape index (κ2) is 8.30. The minimum atomic E-state index is -2.64. The number of hydrogen-bond donors (Lipinski definition) is 6. The highest BCUT2D eigenvalue weighted by Crippen LogP contribution is 2.54. The average Bonchev–Trinajstić information content (AvgIpc) is 2.80. The molecule has 1 unspecified atom stereocenters. The lowest BCUT2D eigenvalue weighted by atomic mass is 9.57. The molecule has 0 saturated heterocycles. The predicted molar refractivity (Wildman–Crippen MR) is 134 cm³/mol. The summed E-state index contributed by atoms with van der Waals surface area (Å²) < 4.78 is 0. The number of amides is 1. The fourth-order valence-electron chi connectivity index (χ4n) is 6.84. The summed E-state index contributed by atoms with van der Waals surface area (Å²) >= 11 is 0. The van der Waals surface area contributed by atoms with Crippen LogP contribution in [-0.4, -0.2) is 94.1 Å². The van der Waals surface area contributed by atoms with Gasteiger partial charge in [0.1, 0.15) is 22.8 Å². The molecule has 0 bridgehead atoms. The Morgan fingerprint density at radius 3 is 2.41 bits per heavy atom. The van der Waals surface area contributed by atoms with Crippen LogP contribution in [0.1, 0.15) is 35.6 Å². The Kier molecular flexibility index (Phi) is 5.67. The van der Waals surface area contributed by atoms with Crippen LogP contribution in [-0.2, 0) is 20.8 Å². The summed E-state index contributed by atoms with van der Waals surface area (Å²) in [4.78, 5) is 42.7. The zero-order valence-electron chi connectivity index (χ0n) is 21.2. The van der Waals surface area contributed by atoms with E-state index >= 15 is 0 Å². The smallest absolute Gasteiger partial charge is 0.255 e. The quantitative estimate of drug-likeness (QED) is 0.245. The zero-order chi connectivity index (χ0) is 27.1. The van der Waals surface area contributed by atoms with Gasteiger partial charge in [0, 0.05) is 29.8 Å². The van der Waals surface area contributed by atoms with Crippen molar-refractivity contribution in [2.24, 2.45) is 17.6 Å². The summed E-state index contributed by atoms with van der Waals surface area (Å²) in [6.45, 7) is 0.683. The van der Waals surface area contributed by atoms with E-state index in [0.29, 0.717) is 12.1 Å². The number of nitrogens with zero attached hydrogens (tertiary/aromatic N) is 2. The van der Waals surface area contributed by atoms with Gasteiger partial charge >= 0.3 is 0 Å². The lowest BCUT2D eigenvalue weighted by Gasteiger charge is -2.50. The van der Waals surface area contributed by atoms with E-state index in [0.717, 1.165) is 17.7 Å². The van der Waals surface area contributed by atoms with Crippen molar-refractivity contribution in [1.29, 1.82) is 0 Å². The van der Waals surface area contributed by atoms with Gasteiger partial charge in [-0.25, -0.2) is 0 Å². The Bertz CT molecular complexity index is 1310. The minimum Gasteiger partial charge on any atom is -0.508 e. The molecule has 198 valence electrons. The number of fused-ring (bicyclic) bond motifs is 5. The molecule has 0 aromatic heterocycles. The van der Waals surface area contributed by atoms with Gasteiger partial charge in [-0.2, -0.15) is 0 Å². The van der Waals surface area contributed by atoms with E-state index in [9.17, 15) is 34.8 Å². The van der Waals surface area contributed by atoms with Crippen LogP contribution in [0.25, 0.3) is 5.76 Å². The molecule has 4 aliphatic rings. The van der Waals surface area contributed by atoms with Gasteiger partial charge in [0.2, 0.25) is 5.78 Å². The number of aliphatic hydroxyl groups is 3. The van der Waals surface area contributed by atoms with E-state index in [2.05, 4.69) is 10.2 Å². The summed E-state index contributed by atoms with van der Waals surface area (Å²) in [6.07, 6.45) is 1.15. The third-order valence-corrected chi connectivity index (χ3v) is 8.46. The SMILES string of the molecule is CN(C)C1CCNc2c1cc(O)c1c2C[C@@H]2C[C@@H]3[C@@H](N(C)C)C(=O)C(C(N)=O)=C(O)[C@@]3(O)C(=O)C2=C1O. The number of benzene rings is 1. The number of nitrogens with two attached hydrogens (primary N) is 1. The van der Waals surface area contributed by atoms with Gasteiger partial charge < -0.3 is 36.4 Å². The number of phenolic OH excluding ortho intramolecular Hbond substituents is 1. The summed E-state index contributed by atoms with van der Waals surface area (Å²) in [5.41, 5.74) is 4.18. The van der Waals surface area contributed by atoms with E-state index in [1.165, 1.54) is 4.90 Å². The van der Waals surface area contributed by atoms with Gasteiger partial charge in [0.15, 0.2) is 11.4 Å². The summed E-state index contributed by atoms with van der Waals surface area (Å²) in [7, 11) is 7.06. The van der Waals surface area contributed by atoms with Crippen molar-refractivity contribution in [3.05, 3.63) is 39.7 Å². The van der Waals surface area contributed by atoms with Crippen LogP contribution in [0.15, 0.2) is 23.0 Å². The van der Waals surface area contributed by atoms with Crippen molar-refractivity contribution in [2.45, 2.75) is 36.9 Å². The number of primary amides is 1. The number of rotatable bonds is 3. The van der Waals surface area contributed by atoms with E-state index in [1.54, 1.807) is 20.2 Å². The number of hydrogen-bond acceptors (Lipinski definition) is 10. The standard InChI is InChI=1S/C26H32N4O7/c1-29(2)14-5-6-28-19-11(14)9-15(31)17-12(19)7-10-8-13-20(30(3)4)22(33)18(25(27)36)24(35)26(13,37)23(34)16(10)21(17)32/h9-10,13-14,20,28,31-32,35,37H,5-8H2,1-4H3,(H2,27,36)/t10-,13-,14?,20-,26+/m1/s1. The number of anilines is 1. The maximum absolute atomic E-state index is 13.9. The second-order valence-electron chi connectivity index (χ2n) is 10.9. The number of Topliss-reactive ketones (excluding diaryl/α,β-unsaturated/α-hetero) is 2. The molecule has 1 amide bonds. The second-order valence-corrected chi connectivity index (χ2v) is 10.9. The van der Waals surface area contributed by atoms with Crippen LogP contribution in [0, 0.1) is 11.8 Å². The Morgan fingerprint density at radius 1 is 1.14 bits per heavy atom. The first-order chi connectivity index (χ1) is 17.3. The molecule has 1 saturated carbocycles. The van der Waals surface area contributed by atoms with Gasteiger partial charge in [-0.3, -0.25) is 19.3 Å². The molecular formula is C26H32N4O7. The zero-order valence-corrected chi connectivity index (χ0v) is 21.2. The molecule has 1 aromatic carbocycles. The predicted octanol–water partition coefficient (Wildman–Crippen LogP) is 0.382. The fourth-order valence-corrected chi connectivity index (χ4v) is 6.84. The number of aliphatic hydroxyl groups excluding tert-OH is 2. The molecule has 1 heterocycles. The highest BCUT2D eigenvalue weighted by molar-refractivity contribution is 6.24. The van der Waals surface area contributed by atoms with Gasteiger partial charge in [-0.15, -0.1) is 0 Å². The van der Waals surface area contributed by atoms with E-state index < -0.39 is 58.0 Å². The normalized spacial score (nSPS) is 31.1. The third-order valence-electron chi connectivity index (χ3n) is 8.46. The maximum Gasteiger partial charge on any atom is 0.255 e. The van der Waals surface area contributed by atoms with E-state index in [4.69, 9.17) is 5.73 Å². The van der Waals surface area contributed by atoms with Crippen molar-refractivity contribution in [1.82, 2.24) is 9.80 Å². The molecule has 5 atom stereocenters. The molecule has 7 N–H and O–H groups in total. The highest BCUT2D eigenvalue weighted by Gasteiger charge is 2.64. The van der Waals surface area contributed by atoms with Gasteiger partial charge in [0.25, 0.3) is 5.91 Å². The van der Waals surface area contributed by atoms with Gasteiger partial charge in [0.05, 0.1) is 11.6 Å². The van der Waals surface area contributed by atoms with Crippen LogP contribution in [0.5, 0.6) is 5.75 Å². The lowest BCUT2D eigenvalue weighted by Crippen LogP contribution is -2.65. The molecule has 0 spiro atoms. The Morgan fingerprint density at radius 2 is 1.81 bits per heavy atom. The molecule has 11 heteroatoms. The minimum absolute atomic E-state index is 0.0430. The number of nitrogens with one attached hydrogen (secondary N) is 1. The van der Waals surface area contributed by atoms with E-state index in [1.807, 2.05) is 14.1 Å². The number of aromatic hydroxyl groups is 1. The lowest BCUT2D eigenvalue weighted by molar-refractivity contribution is -0.153. The van der Waals surface area contributed by atoms with Crippen LogP contribution in [0.4, 0.5) is 5.69 Å². The van der Waals surface area contributed by atoms with E-state index in [-0.39, 0.29) is 35.8 Å². The fraction of sp³-hybridized carbons (Fsp3) is 0.500. The van der Waals surface area contributed by atoms with Crippen molar-refractivity contribution in [3.8, 4) is 5.75 Å². The molecule has 5 rings (SSSR count). The first kappa shape index (κ1) is 25.2. The van der Waals surface area contributed by atoms with Crippen LogP contribution < -0.4 is 11.1 Å². The topological polar surface area (TPSA) is 177 Å². The largest absolute Gasteiger partial charge is 0.508 e. The van der Waals surface area contributed by atoms with Crippen molar-refractivity contribution < 1.29 is 34.8 Å². The number of carbonyl (C=O) groups is 3. The Hall–Kier alpha value is -3.41. The molecule has 1 fully saturated rings. The average molecular weight is 513 g/mol. The molecule has 11 nitrogen and oxygen atoms in total. The number of likely N-dealkylation sites (N-methyl/N-ethyl adjacent to an activating group) is 1. The molecule has 0 radical (unpaired) electrons. The molecule has 37 heavy (non-hydrogen) atoms. The first-order valence-corrected chi connectivity index (χ1v) is 12.3. The van der Waals surface area contributed by atoms with Crippen LogP contribution in [0.3, 0.4) is 0 Å². The summed E-state index contributed by atoms with van der Waals surface area (Å²) in [5, 5.41) is 48.3. The van der Waals surface area contributed by atoms with Crippen molar-refractivity contribution in [2.75, 3.05) is 40.1 Å². The number of ketones is 2. The molecular weight excluding hydrogens is 480 g/mol. The Balaban J connectivity index is 1.73. The van der Waals surface area contributed by atoms with Gasteiger partial charge in [-0.05, 0) is 70.6 Å². The molecule has 1 aliphatic heterocycles. The molecule has 3 aliphatic carbocycles. The first-order valence-electron chi connectivity index (χ1n) is 12.3. The summed E-state index contributed by atoms with van der Waals surface area (Å²) in [6, 6.07) is 0.518.